The monoisotopic (exact) mass is 262 g/mol. The molecule has 2 rings (SSSR count). The predicted molar refractivity (Wildman–Crippen MR) is 73.3 cm³/mol. The van der Waals surface area contributed by atoms with Gasteiger partial charge in [0.2, 0.25) is 0 Å². The third kappa shape index (κ3) is 4.17. The zero-order chi connectivity index (χ0) is 12.8. The zero-order valence-electron chi connectivity index (χ0n) is 9.92. The minimum absolute atomic E-state index is 0.238. The zero-order valence-corrected chi connectivity index (χ0v) is 10.7. The van der Waals surface area contributed by atoms with Crippen LogP contribution in [0.15, 0.2) is 59.5 Å². The lowest BCUT2D eigenvalue weighted by Crippen LogP contribution is -2.13. The fourth-order valence-corrected chi connectivity index (χ4v) is 2.57. The number of thioether (sulfide) groups is 1. The van der Waals surface area contributed by atoms with Gasteiger partial charge in [-0.05, 0) is 30.2 Å². The Morgan fingerprint density at radius 3 is 2.56 bits per heavy atom. The van der Waals surface area contributed by atoms with E-state index >= 15 is 0 Å². The van der Waals surface area contributed by atoms with Crippen LogP contribution >= 0.6 is 11.8 Å². The molecule has 0 bridgehead atoms. The second kappa shape index (κ2) is 6.57. The molecule has 0 saturated heterocycles. The summed E-state index contributed by atoms with van der Waals surface area (Å²) in [6.45, 7) is 0. The fraction of sp³-hybridized carbons (Fsp3) is 0.200. The molecule has 1 atom stereocenters. The van der Waals surface area contributed by atoms with Crippen molar-refractivity contribution in [3.63, 3.8) is 0 Å². The Kier molecular flexibility index (Phi) is 4.79. The third-order valence-electron chi connectivity index (χ3n) is 2.55. The molecule has 0 aliphatic carbocycles. The molecular formula is C15H15FOS. The average molecular weight is 262 g/mol. The van der Waals surface area contributed by atoms with Gasteiger partial charge in [0.25, 0.3) is 0 Å². The third-order valence-corrected chi connectivity index (χ3v) is 3.69. The normalized spacial score (nSPS) is 12.3. The van der Waals surface area contributed by atoms with Crippen LogP contribution in [0.5, 0.6) is 0 Å². The van der Waals surface area contributed by atoms with Crippen LogP contribution < -0.4 is 0 Å². The van der Waals surface area contributed by atoms with Crippen molar-refractivity contribution in [1.29, 1.82) is 0 Å². The van der Waals surface area contributed by atoms with Gasteiger partial charge in [0.05, 0.1) is 6.10 Å². The standard InChI is InChI=1S/C15H15FOS/c16-13-7-4-8-15(10-13)18-11-14(17)9-12-5-2-1-3-6-12/h1-8,10,14,17H,9,11H2. The van der Waals surface area contributed by atoms with E-state index in [1.807, 2.05) is 36.4 Å². The first kappa shape index (κ1) is 13.1. The highest BCUT2D eigenvalue weighted by atomic mass is 32.2. The molecule has 2 aromatic carbocycles. The quantitative estimate of drug-likeness (QED) is 0.832. The minimum atomic E-state index is -0.416. The van der Waals surface area contributed by atoms with E-state index in [-0.39, 0.29) is 5.82 Å². The Labute approximate surface area is 111 Å². The second-order valence-corrected chi connectivity index (χ2v) is 5.21. The SMILES string of the molecule is OC(CSc1cccc(F)c1)Cc1ccccc1. The molecule has 2 aromatic rings. The summed E-state index contributed by atoms with van der Waals surface area (Å²) in [5.74, 6) is 0.329. The van der Waals surface area contributed by atoms with Gasteiger partial charge in [0, 0.05) is 10.6 Å². The van der Waals surface area contributed by atoms with Crippen molar-refractivity contribution < 1.29 is 9.50 Å². The first-order chi connectivity index (χ1) is 8.74. The number of hydrogen-bond acceptors (Lipinski definition) is 2. The van der Waals surface area contributed by atoms with Crippen molar-refractivity contribution in [2.75, 3.05) is 5.75 Å². The van der Waals surface area contributed by atoms with Gasteiger partial charge in [-0.15, -0.1) is 11.8 Å². The van der Waals surface area contributed by atoms with E-state index in [9.17, 15) is 9.50 Å². The first-order valence-electron chi connectivity index (χ1n) is 5.84. The summed E-state index contributed by atoms with van der Waals surface area (Å²) in [6, 6.07) is 16.3. The number of benzene rings is 2. The van der Waals surface area contributed by atoms with Crippen molar-refractivity contribution >= 4 is 11.8 Å². The minimum Gasteiger partial charge on any atom is -0.392 e. The summed E-state index contributed by atoms with van der Waals surface area (Å²) in [7, 11) is 0. The Bertz CT molecular complexity index is 487. The largest absolute Gasteiger partial charge is 0.392 e. The van der Waals surface area contributed by atoms with Gasteiger partial charge in [0.1, 0.15) is 5.82 Å². The average Bonchev–Trinajstić information content (AvgIpc) is 2.38. The van der Waals surface area contributed by atoms with Crippen LogP contribution in [0.4, 0.5) is 4.39 Å². The van der Waals surface area contributed by atoms with Gasteiger partial charge in [-0.1, -0.05) is 36.4 Å². The lowest BCUT2D eigenvalue weighted by atomic mass is 10.1. The lowest BCUT2D eigenvalue weighted by Gasteiger charge is -2.10. The second-order valence-electron chi connectivity index (χ2n) is 4.11. The van der Waals surface area contributed by atoms with Gasteiger partial charge in [-0.3, -0.25) is 0 Å². The molecule has 0 fully saturated rings. The van der Waals surface area contributed by atoms with Crippen molar-refractivity contribution in [3.8, 4) is 0 Å². The van der Waals surface area contributed by atoms with Gasteiger partial charge in [0.15, 0.2) is 0 Å². The van der Waals surface area contributed by atoms with Gasteiger partial charge < -0.3 is 5.11 Å². The number of halogens is 1. The van der Waals surface area contributed by atoms with E-state index < -0.39 is 6.10 Å². The maximum Gasteiger partial charge on any atom is 0.124 e. The van der Waals surface area contributed by atoms with Gasteiger partial charge >= 0.3 is 0 Å². The van der Waals surface area contributed by atoms with E-state index in [2.05, 4.69) is 0 Å². The van der Waals surface area contributed by atoms with E-state index in [1.165, 1.54) is 23.9 Å². The molecule has 1 nitrogen and oxygen atoms in total. The molecule has 0 radical (unpaired) electrons. The molecule has 94 valence electrons. The summed E-state index contributed by atoms with van der Waals surface area (Å²) in [5.41, 5.74) is 1.12. The van der Waals surface area contributed by atoms with Crippen molar-refractivity contribution in [2.45, 2.75) is 17.4 Å². The van der Waals surface area contributed by atoms with E-state index in [4.69, 9.17) is 0 Å². The molecule has 1 N–H and O–H groups in total. The number of aliphatic hydroxyl groups is 1. The van der Waals surface area contributed by atoms with Crippen LogP contribution in [-0.2, 0) is 6.42 Å². The first-order valence-corrected chi connectivity index (χ1v) is 6.83. The number of rotatable bonds is 5. The Hall–Kier alpha value is -1.32. The van der Waals surface area contributed by atoms with Crippen molar-refractivity contribution in [3.05, 3.63) is 66.0 Å². The molecular weight excluding hydrogens is 247 g/mol. The highest BCUT2D eigenvalue weighted by Crippen LogP contribution is 2.20. The summed E-state index contributed by atoms with van der Waals surface area (Å²) in [5, 5.41) is 9.92. The Balaban J connectivity index is 1.83. The van der Waals surface area contributed by atoms with Crippen LogP contribution in [0.1, 0.15) is 5.56 Å². The summed E-state index contributed by atoms with van der Waals surface area (Å²) in [6.07, 6.45) is 0.212. The van der Waals surface area contributed by atoms with Crippen molar-refractivity contribution in [2.24, 2.45) is 0 Å². The topological polar surface area (TPSA) is 20.2 Å². The highest BCUT2D eigenvalue weighted by molar-refractivity contribution is 7.99. The summed E-state index contributed by atoms with van der Waals surface area (Å²) in [4.78, 5) is 0.849. The van der Waals surface area contributed by atoms with Gasteiger partial charge in [-0.25, -0.2) is 4.39 Å². The molecule has 0 aromatic heterocycles. The molecule has 0 heterocycles. The maximum atomic E-state index is 13.0. The summed E-state index contributed by atoms with van der Waals surface area (Å²) < 4.78 is 13.0. The molecule has 0 aliphatic rings. The summed E-state index contributed by atoms with van der Waals surface area (Å²) >= 11 is 1.47. The lowest BCUT2D eigenvalue weighted by molar-refractivity contribution is 0.200. The fourth-order valence-electron chi connectivity index (χ4n) is 1.69. The van der Waals surface area contributed by atoms with Crippen LogP contribution in [-0.4, -0.2) is 17.0 Å². The number of hydrogen-bond donors (Lipinski definition) is 1. The molecule has 18 heavy (non-hydrogen) atoms. The van der Waals surface area contributed by atoms with Crippen molar-refractivity contribution in [1.82, 2.24) is 0 Å². The molecule has 1 unspecified atom stereocenters. The van der Waals surface area contributed by atoms with Crippen LogP contribution in [0.25, 0.3) is 0 Å². The molecule has 3 heteroatoms. The highest BCUT2D eigenvalue weighted by Gasteiger charge is 2.06. The Morgan fingerprint density at radius 2 is 1.83 bits per heavy atom. The van der Waals surface area contributed by atoms with E-state index in [1.54, 1.807) is 6.07 Å². The van der Waals surface area contributed by atoms with E-state index in [0.29, 0.717) is 12.2 Å². The van der Waals surface area contributed by atoms with Crippen LogP contribution in [0.3, 0.4) is 0 Å². The predicted octanol–water partition coefficient (Wildman–Crippen LogP) is 3.52. The smallest absolute Gasteiger partial charge is 0.124 e. The Morgan fingerprint density at radius 1 is 1.06 bits per heavy atom. The molecule has 0 aliphatic heterocycles. The van der Waals surface area contributed by atoms with Crippen LogP contribution in [0.2, 0.25) is 0 Å². The van der Waals surface area contributed by atoms with Crippen LogP contribution in [0, 0.1) is 5.82 Å². The van der Waals surface area contributed by atoms with E-state index in [0.717, 1.165) is 10.5 Å². The van der Waals surface area contributed by atoms with Gasteiger partial charge in [-0.2, -0.15) is 0 Å². The molecule has 0 saturated carbocycles. The molecule has 0 spiro atoms. The number of aliphatic hydroxyl groups excluding tert-OH is 1. The molecule has 0 amide bonds. The maximum absolute atomic E-state index is 13.0.